The maximum Gasteiger partial charge on any atom is 0.422 e. The first-order valence-corrected chi connectivity index (χ1v) is 11.9. The Hall–Kier alpha value is -3.46. The Morgan fingerprint density at radius 1 is 1.22 bits per heavy atom. The van der Waals surface area contributed by atoms with Crippen LogP contribution in [0.3, 0.4) is 0 Å². The molecule has 5 rings (SSSR count). The van der Waals surface area contributed by atoms with Gasteiger partial charge in [-0.25, -0.2) is 10.1 Å². The minimum atomic E-state index is -4.74. The molecule has 0 radical (unpaired) electrons. The van der Waals surface area contributed by atoms with E-state index in [4.69, 9.17) is 5.26 Å². The smallest absolute Gasteiger partial charge is 0.353 e. The van der Waals surface area contributed by atoms with Crippen LogP contribution in [-0.4, -0.2) is 70.2 Å². The number of piperazine rings is 1. The van der Waals surface area contributed by atoms with Crippen molar-refractivity contribution in [1.82, 2.24) is 25.0 Å². The van der Waals surface area contributed by atoms with Crippen LogP contribution in [0.1, 0.15) is 48.2 Å². The number of nitriles is 1. The molecular formula is C24H26F3N7O2. The van der Waals surface area contributed by atoms with Crippen LogP contribution in [-0.2, 0) is 17.4 Å². The molecule has 2 aromatic rings. The third kappa shape index (κ3) is 4.21. The fourth-order valence-corrected chi connectivity index (χ4v) is 5.70. The zero-order valence-corrected chi connectivity index (χ0v) is 19.8. The maximum atomic E-state index is 13.5. The van der Waals surface area contributed by atoms with Gasteiger partial charge in [-0.15, -0.1) is 0 Å². The topological polar surface area (TPSA) is 109 Å². The van der Waals surface area contributed by atoms with E-state index in [2.05, 4.69) is 15.0 Å². The van der Waals surface area contributed by atoms with Gasteiger partial charge in [-0.05, 0) is 50.4 Å². The van der Waals surface area contributed by atoms with Crippen LogP contribution in [0.2, 0.25) is 0 Å². The highest BCUT2D eigenvalue weighted by Crippen LogP contribution is 2.44. The number of fused-ring (bicyclic) bond motifs is 1. The maximum absolute atomic E-state index is 13.5. The number of anilines is 1. The lowest BCUT2D eigenvalue weighted by molar-refractivity contribution is -0.141. The molecule has 190 valence electrons. The molecule has 1 aliphatic carbocycles. The van der Waals surface area contributed by atoms with Gasteiger partial charge in [0.2, 0.25) is 5.91 Å². The highest BCUT2D eigenvalue weighted by molar-refractivity contribution is 5.83. The Labute approximate surface area is 205 Å². The molecule has 1 amide bonds. The van der Waals surface area contributed by atoms with Gasteiger partial charge in [-0.2, -0.15) is 23.5 Å². The van der Waals surface area contributed by atoms with Crippen LogP contribution in [0.4, 0.5) is 19.0 Å². The number of hydrogen-bond donors (Lipinski definition) is 1. The lowest BCUT2D eigenvalue weighted by atomic mass is 9.87. The van der Waals surface area contributed by atoms with Crippen LogP contribution in [0, 0.1) is 16.7 Å². The molecule has 2 saturated heterocycles. The molecule has 2 fully saturated rings. The van der Waals surface area contributed by atoms with Crippen LogP contribution in [0.5, 0.6) is 0 Å². The van der Waals surface area contributed by atoms with E-state index in [-0.39, 0.29) is 29.6 Å². The summed E-state index contributed by atoms with van der Waals surface area (Å²) in [6, 6.07) is 5.22. The van der Waals surface area contributed by atoms with E-state index in [0.29, 0.717) is 57.7 Å². The SMILES string of the molecule is C[C@@]1(C(=O)N2CCN(c3ccc(C#N)cn3)CC2)CCN(C2CCc3c2n[nH]c(=O)c3C(F)(F)F)C1. The molecule has 3 aliphatic rings. The lowest BCUT2D eigenvalue weighted by Gasteiger charge is -2.39. The standard InChI is InChI=1S/C24H26F3N7O2/c1-23(22(36)33-10-8-32(9-11-33)18-5-2-15(12-28)13-29-18)6-7-34(14-23)17-4-3-16-19(24(25,26)27)21(35)31-30-20(16)17/h2,5,13,17H,3-4,6-11,14H2,1H3,(H,31,35)/t17?,23-/m1/s1. The molecular weight excluding hydrogens is 475 g/mol. The van der Waals surface area contributed by atoms with Gasteiger partial charge >= 0.3 is 6.18 Å². The van der Waals surface area contributed by atoms with Crippen LogP contribution in [0.15, 0.2) is 23.1 Å². The van der Waals surface area contributed by atoms with E-state index in [0.717, 1.165) is 5.82 Å². The quantitative estimate of drug-likeness (QED) is 0.686. The van der Waals surface area contributed by atoms with Crippen molar-refractivity contribution in [3.63, 3.8) is 0 Å². The molecule has 2 aliphatic heterocycles. The number of aromatic amines is 1. The summed E-state index contributed by atoms with van der Waals surface area (Å²) in [5.74, 6) is 0.809. The molecule has 12 heteroatoms. The lowest BCUT2D eigenvalue weighted by Crippen LogP contribution is -2.53. The average molecular weight is 502 g/mol. The summed E-state index contributed by atoms with van der Waals surface area (Å²) in [5, 5.41) is 15.0. The predicted octanol–water partition coefficient (Wildman–Crippen LogP) is 2.10. The minimum Gasteiger partial charge on any atom is -0.353 e. The highest BCUT2D eigenvalue weighted by Gasteiger charge is 2.48. The molecule has 1 unspecified atom stereocenters. The van der Waals surface area contributed by atoms with Gasteiger partial charge in [0.15, 0.2) is 0 Å². The summed E-state index contributed by atoms with van der Waals surface area (Å²) in [4.78, 5) is 35.6. The number of carbonyl (C=O) groups is 1. The number of likely N-dealkylation sites (tertiary alicyclic amines) is 1. The van der Waals surface area contributed by atoms with E-state index in [1.54, 1.807) is 12.1 Å². The summed E-state index contributed by atoms with van der Waals surface area (Å²) in [6.45, 7) is 5.25. The van der Waals surface area contributed by atoms with Crippen molar-refractivity contribution in [3.8, 4) is 6.07 Å². The number of hydrogen-bond acceptors (Lipinski definition) is 7. The third-order valence-corrected chi connectivity index (χ3v) is 7.61. The summed E-state index contributed by atoms with van der Waals surface area (Å²) < 4.78 is 40.4. The summed E-state index contributed by atoms with van der Waals surface area (Å²) in [5.41, 5.74) is -2.27. The summed E-state index contributed by atoms with van der Waals surface area (Å²) in [7, 11) is 0. The first-order valence-electron chi connectivity index (χ1n) is 11.9. The highest BCUT2D eigenvalue weighted by atomic mass is 19.4. The van der Waals surface area contributed by atoms with Crippen molar-refractivity contribution in [2.75, 3.05) is 44.2 Å². The van der Waals surface area contributed by atoms with Crippen molar-refractivity contribution < 1.29 is 18.0 Å². The van der Waals surface area contributed by atoms with E-state index in [9.17, 15) is 22.8 Å². The number of pyridine rings is 1. The Bertz CT molecular complexity index is 1260. The number of rotatable bonds is 3. The number of nitrogens with zero attached hydrogens (tertiary/aromatic N) is 6. The number of carbonyl (C=O) groups excluding carboxylic acids is 1. The summed E-state index contributed by atoms with van der Waals surface area (Å²) >= 11 is 0. The second-order valence-electron chi connectivity index (χ2n) is 9.92. The molecule has 0 spiro atoms. The zero-order chi connectivity index (χ0) is 25.7. The van der Waals surface area contributed by atoms with E-state index in [1.165, 1.54) is 6.20 Å². The monoisotopic (exact) mass is 501 g/mol. The Kier molecular flexibility index (Phi) is 5.98. The second kappa shape index (κ2) is 8.89. The van der Waals surface area contributed by atoms with Gasteiger partial charge in [0.1, 0.15) is 17.5 Å². The van der Waals surface area contributed by atoms with Gasteiger partial charge in [-0.1, -0.05) is 0 Å². The van der Waals surface area contributed by atoms with Crippen LogP contribution >= 0.6 is 0 Å². The molecule has 2 aromatic heterocycles. The summed E-state index contributed by atoms with van der Waals surface area (Å²) in [6.07, 6.45) is -2.03. The fraction of sp³-hybridized carbons (Fsp3) is 0.542. The molecule has 9 nitrogen and oxygen atoms in total. The van der Waals surface area contributed by atoms with Crippen molar-refractivity contribution in [2.45, 2.75) is 38.4 Å². The van der Waals surface area contributed by atoms with E-state index < -0.39 is 22.7 Å². The number of amides is 1. The number of halogens is 3. The number of H-pyrrole nitrogens is 1. The third-order valence-electron chi connectivity index (χ3n) is 7.61. The van der Waals surface area contributed by atoms with E-state index >= 15 is 0 Å². The van der Waals surface area contributed by atoms with Gasteiger partial charge in [0.25, 0.3) is 5.56 Å². The van der Waals surface area contributed by atoms with E-state index in [1.807, 2.05) is 27.9 Å². The van der Waals surface area contributed by atoms with Crippen molar-refractivity contribution in [3.05, 3.63) is 51.1 Å². The fourth-order valence-electron chi connectivity index (χ4n) is 5.70. The Morgan fingerprint density at radius 3 is 2.61 bits per heavy atom. The number of nitrogens with one attached hydrogen (secondary N) is 1. The normalized spacial score (nSPS) is 24.6. The van der Waals surface area contributed by atoms with Gasteiger partial charge in [0, 0.05) is 38.9 Å². The molecule has 36 heavy (non-hydrogen) atoms. The van der Waals surface area contributed by atoms with Gasteiger partial charge < -0.3 is 9.80 Å². The molecule has 0 aromatic carbocycles. The molecule has 4 heterocycles. The van der Waals surface area contributed by atoms with Gasteiger partial charge in [-0.3, -0.25) is 14.5 Å². The molecule has 1 N–H and O–H groups in total. The second-order valence-corrected chi connectivity index (χ2v) is 9.92. The van der Waals surface area contributed by atoms with Crippen molar-refractivity contribution in [2.24, 2.45) is 5.41 Å². The molecule has 2 atom stereocenters. The first-order chi connectivity index (χ1) is 17.1. The largest absolute Gasteiger partial charge is 0.422 e. The number of alkyl halides is 3. The average Bonchev–Trinajstić information content (AvgIpc) is 3.47. The van der Waals surface area contributed by atoms with Crippen molar-refractivity contribution >= 4 is 11.7 Å². The van der Waals surface area contributed by atoms with Crippen LogP contribution < -0.4 is 10.5 Å². The number of aromatic nitrogens is 3. The molecule has 0 saturated carbocycles. The Morgan fingerprint density at radius 2 is 1.97 bits per heavy atom. The predicted molar refractivity (Wildman–Crippen MR) is 123 cm³/mol. The zero-order valence-electron chi connectivity index (χ0n) is 19.8. The van der Waals surface area contributed by atoms with Crippen LogP contribution in [0.25, 0.3) is 0 Å². The molecule has 0 bridgehead atoms. The minimum absolute atomic E-state index is 0.0243. The van der Waals surface area contributed by atoms with Crippen molar-refractivity contribution in [1.29, 1.82) is 5.26 Å². The van der Waals surface area contributed by atoms with Gasteiger partial charge in [0.05, 0.1) is 22.7 Å². The Balaban J connectivity index is 1.25. The first kappa shape index (κ1) is 24.2.